The molecule has 0 bridgehead atoms. The molecule has 1 rings (SSSR count). The third-order valence-corrected chi connectivity index (χ3v) is 4.54. The Morgan fingerprint density at radius 1 is 1.44 bits per heavy atom. The van der Waals surface area contributed by atoms with E-state index in [1.807, 2.05) is 0 Å². The van der Waals surface area contributed by atoms with Crippen LogP contribution in [0, 0.1) is 0 Å². The lowest BCUT2D eigenvalue weighted by atomic mass is 10.2. The second-order valence-corrected chi connectivity index (χ2v) is 6.62. The molecule has 7 nitrogen and oxygen atoms in total. The summed E-state index contributed by atoms with van der Waals surface area (Å²) in [5, 5.41) is 5.42. The normalized spacial score (nSPS) is 22.2. The summed E-state index contributed by atoms with van der Waals surface area (Å²) in [6.45, 7) is 0.355. The van der Waals surface area contributed by atoms with E-state index < -0.39 is 9.84 Å². The fourth-order valence-electron chi connectivity index (χ4n) is 1.75. The number of nitrogens with one attached hydrogen (secondary N) is 2. The second-order valence-electron chi connectivity index (χ2n) is 4.39. The van der Waals surface area contributed by atoms with E-state index in [1.54, 1.807) is 0 Å². The van der Waals surface area contributed by atoms with Gasteiger partial charge >= 0.3 is 0 Å². The molecule has 1 aliphatic rings. The lowest BCUT2D eigenvalue weighted by molar-refractivity contribution is -0.134. The van der Waals surface area contributed by atoms with Crippen LogP contribution in [0.4, 0.5) is 0 Å². The minimum atomic E-state index is -3.04. The Morgan fingerprint density at radius 2 is 2.11 bits per heavy atom. The minimum absolute atomic E-state index is 0.0190. The van der Waals surface area contributed by atoms with E-state index >= 15 is 0 Å². The molecular weight excluding hydrogens is 258 g/mol. The zero-order valence-electron chi connectivity index (χ0n) is 10.6. The van der Waals surface area contributed by atoms with Gasteiger partial charge in [0.2, 0.25) is 11.8 Å². The molecule has 0 spiro atoms. The molecule has 1 aliphatic heterocycles. The molecule has 2 N–H and O–H groups in total. The van der Waals surface area contributed by atoms with Crippen LogP contribution < -0.4 is 10.6 Å². The molecule has 0 aromatic rings. The van der Waals surface area contributed by atoms with Crippen LogP contribution in [0.1, 0.15) is 6.42 Å². The van der Waals surface area contributed by atoms with Crippen LogP contribution in [-0.4, -0.2) is 69.9 Å². The zero-order valence-corrected chi connectivity index (χ0v) is 11.4. The first-order valence-corrected chi connectivity index (χ1v) is 7.54. The van der Waals surface area contributed by atoms with Crippen molar-refractivity contribution in [3.05, 3.63) is 0 Å². The minimum Gasteiger partial charge on any atom is -0.358 e. The molecule has 1 heterocycles. The van der Waals surface area contributed by atoms with Gasteiger partial charge < -0.3 is 15.5 Å². The zero-order chi connectivity index (χ0) is 13.8. The molecule has 1 atom stereocenters. The number of nitrogens with zero attached hydrogens (tertiary/aromatic N) is 1. The molecule has 0 aliphatic carbocycles. The monoisotopic (exact) mass is 277 g/mol. The second kappa shape index (κ2) is 6.14. The van der Waals surface area contributed by atoms with E-state index in [9.17, 15) is 18.0 Å². The first-order valence-electron chi connectivity index (χ1n) is 5.72. The van der Waals surface area contributed by atoms with Crippen LogP contribution in [0.2, 0.25) is 0 Å². The van der Waals surface area contributed by atoms with Crippen molar-refractivity contribution in [1.82, 2.24) is 15.5 Å². The van der Waals surface area contributed by atoms with Crippen molar-refractivity contribution >= 4 is 21.7 Å². The summed E-state index contributed by atoms with van der Waals surface area (Å²) in [7, 11) is -0.0248. The Hall–Kier alpha value is -1.15. The Balaban J connectivity index is 2.46. The third kappa shape index (κ3) is 4.61. The summed E-state index contributed by atoms with van der Waals surface area (Å²) >= 11 is 0. The Kier molecular flexibility index (Phi) is 5.09. The number of hydrogen-bond donors (Lipinski definition) is 2. The van der Waals surface area contributed by atoms with E-state index in [-0.39, 0.29) is 42.3 Å². The maximum atomic E-state index is 11.8. The molecular formula is C10H19N3O4S. The Morgan fingerprint density at radius 3 is 2.67 bits per heavy atom. The van der Waals surface area contributed by atoms with Gasteiger partial charge in [0.1, 0.15) is 0 Å². The van der Waals surface area contributed by atoms with E-state index in [0.29, 0.717) is 6.54 Å². The fourth-order valence-corrected chi connectivity index (χ4v) is 3.19. The molecule has 0 aromatic heterocycles. The summed E-state index contributed by atoms with van der Waals surface area (Å²) in [6.07, 6.45) is 0.0900. The van der Waals surface area contributed by atoms with Crippen molar-refractivity contribution in [1.29, 1.82) is 0 Å². The van der Waals surface area contributed by atoms with Crippen molar-refractivity contribution in [2.75, 3.05) is 38.7 Å². The molecule has 0 saturated carbocycles. The number of likely N-dealkylation sites (N-methyl/N-ethyl adjacent to an activating group) is 2. The van der Waals surface area contributed by atoms with Crippen LogP contribution >= 0.6 is 0 Å². The highest BCUT2D eigenvalue weighted by molar-refractivity contribution is 7.91. The first kappa shape index (κ1) is 14.9. The van der Waals surface area contributed by atoms with Crippen molar-refractivity contribution < 1.29 is 18.0 Å². The molecule has 1 fully saturated rings. The summed E-state index contributed by atoms with van der Waals surface area (Å²) in [6, 6.07) is -0.358. The van der Waals surface area contributed by atoms with Crippen LogP contribution in [0.3, 0.4) is 0 Å². The summed E-state index contributed by atoms with van der Waals surface area (Å²) in [5.41, 5.74) is 0. The van der Waals surface area contributed by atoms with Gasteiger partial charge in [0, 0.05) is 33.1 Å². The molecule has 18 heavy (non-hydrogen) atoms. The average Bonchev–Trinajstić information content (AvgIpc) is 2.27. The topological polar surface area (TPSA) is 95.6 Å². The van der Waals surface area contributed by atoms with E-state index in [4.69, 9.17) is 0 Å². The van der Waals surface area contributed by atoms with Gasteiger partial charge in [-0.15, -0.1) is 0 Å². The molecule has 0 aromatic carbocycles. The van der Waals surface area contributed by atoms with Gasteiger partial charge in [0.15, 0.2) is 9.84 Å². The molecule has 104 valence electrons. The van der Waals surface area contributed by atoms with E-state index in [1.165, 1.54) is 19.0 Å². The molecule has 0 radical (unpaired) electrons. The molecule has 2 amide bonds. The predicted octanol–water partition coefficient (Wildman–Crippen LogP) is -2.03. The Labute approximate surface area is 107 Å². The highest BCUT2D eigenvalue weighted by Gasteiger charge is 2.27. The molecule has 1 saturated heterocycles. The molecule has 8 heteroatoms. The van der Waals surface area contributed by atoms with Gasteiger partial charge in [-0.25, -0.2) is 8.42 Å². The van der Waals surface area contributed by atoms with Gasteiger partial charge in [-0.3, -0.25) is 9.59 Å². The fraction of sp³-hybridized carbons (Fsp3) is 0.800. The van der Waals surface area contributed by atoms with E-state index in [0.717, 1.165) is 0 Å². The van der Waals surface area contributed by atoms with Crippen molar-refractivity contribution in [3.63, 3.8) is 0 Å². The lowest BCUT2D eigenvalue weighted by Crippen LogP contribution is -2.48. The van der Waals surface area contributed by atoms with Gasteiger partial charge in [-0.1, -0.05) is 0 Å². The van der Waals surface area contributed by atoms with Crippen LogP contribution in [0.5, 0.6) is 0 Å². The third-order valence-electron chi connectivity index (χ3n) is 2.81. The maximum Gasteiger partial charge on any atom is 0.239 e. The predicted molar refractivity (Wildman–Crippen MR) is 66.8 cm³/mol. The maximum absolute atomic E-state index is 11.8. The number of hydrogen-bond acceptors (Lipinski definition) is 5. The highest BCUT2D eigenvalue weighted by Crippen LogP contribution is 2.06. The average molecular weight is 277 g/mol. The van der Waals surface area contributed by atoms with Crippen LogP contribution in [0.15, 0.2) is 0 Å². The largest absolute Gasteiger partial charge is 0.358 e. The van der Waals surface area contributed by atoms with E-state index in [2.05, 4.69) is 10.6 Å². The van der Waals surface area contributed by atoms with Crippen molar-refractivity contribution in [2.45, 2.75) is 12.5 Å². The van der Waals surface area contributed by atoms with Crippen molar-refractivity contribution in [3.8, 4) is 0 Å². The SMILES string of the molecule is CNC(=O)CN(C)C(=O)CC1CS(=O)(=O)CCN1. The first-order chi connectivity index (χ1) is 8.34. The standard InChI is InChI=1S/C10H19N3O4S/c1-11-9(14)6-13(2)10(15)5-8-7-18(16,17)4-3-12-8/h8,12H,3-7H2,1-2H3,(H,11,14). The quantitative estimate of drug-likeness (QED) is 0.618. The molecule has 1 unspecified atom stereocenters. The van der Waals surface area contributed by atoms with Gasteiger partial charge in [-0.05, 0) is 0 Å². The van der Waals surface area contributed by atoms with Crippen LogP contribution in [0.25, 0.3) is 0 Å². The van der Waals surface area contributed by atoms with Crippen molar-refractivity contribution in [2.24, 2.45) is 0 Å². The highest BCUT2D eigenvalue weighted by atomic mass is 32.2. The number of carbonyl (C=O) groups excluding carboxylic acids is 2. The van der Waals surface area contributed by atoms with Gasteiger partial charge in [0.05, 0.1) is 18.1 Å². The lowest BCUT2D eigenvalue weighted by Gasteiger charge is -2.25. The number of rotatable bonds is 4. The smallest absolute Gasteiger partial charge is 0.239 e. The van der Waals surface area contributed by atoms with Crippen LogP contribution in [-0.2, 0) is 19.4 Å². The number of carbonyl (C=O) groups is 2. The summed E-state index contributed by atoms with van der Waals surface area (Å²) < 4.78 is 22.8. The van der Waals surface area contributed by atoms with Gasteiger partial charge in [-0.2, -0.15) is 0 Å². The van der Waals surface area contributed by atoms with Gasteiger partial charge in [0.25, 0.3) is 0 Å². The summed E-state index contributed by atoms with van der Waals surface area (Å²) in [4.78, 5) is 24.2. The number of amides is 2. The Bertz CT molecular complexity index is 421. The number of sulfone groups is 1. The summed E-state index contributed by atoms with van der Waals surface area (Å²) in [5.74, 6) is -0.401.